The third-order valence-electron chi connectivity index (χ3n) is 6.47. The number of piperidine rings is 1. The Bertz CT molecular complexity index is 1020. The van der Waals surface area contributed by atoms with E-state index in [1.165, 1.54) is 5.56 Å². The molecule has 0 N–H and O–H groups in total. The fourth-order valence-electron chi connectivity index (χ4n) is 4.68. The smallest absolute Gasteiger partial charge is 0.253 e. The molecule has 0 atom stereocenters. The SMILES string of the molecule is O=C(c1ccc(OC2CCN(Cc3cccc(-c4ccco4)c3)CC2)cc1)N1CCCC1. The molecule has 2 aliphatic heterocycles. The standard InChI is InChI=1S/C27H30N2O3/c30-27(29-14-1-2-15-29)22-8-10-24(11-9-22)32-25-12-16-28(17-13-25)20-21-5-3-6-23(19-21)26-7-4-18-31-26/h3-11,18-19,25H,1-2,12-17,20H2. The van der Waals surface area contributed by atoms with E-state index in [9.17, 15) is 4.79 Å². The highest BCUT2D eigenvalue weighted by Crippen LogP contribution is 2.24. The minimum absolute atomic E-state index is 0.137. The zero-order valence-electron chi connectivity index (χ0n) is 18.4. The molecule has 5 heteroatoms. The summed E-state index contributed by atoms with van der Waals surface area (Å²) in [7, 11) is 0. The van der Waals surface area contributed by atoms with Crippen LogP contribution >= 0.6 is 0 Å². The normalized spacial score (nSPS) is 17.6. The largest absolute Gasteiger partial charge is 0.490 e. The molecule has 2 aromatic carbocycles. The number of amides is 1. The molecule has 32 heavy (non-hydrogen) atoms. The summed E-state index contributed by atoms with van der Waals surface area (Å²) in [6.07, 6.45) is 6.17. The van der Waals surface area contributed by atoms with Crippen molar-refractivity contribution in [1.29, 1.82) is 0 Å². The van der Waals surface area contributed by atoms with Gasteiger partial charge in [-0.05, 0) is 73.7 Å². The van der Waals surface area contributed by atoms with E-state index in [-0.39, 0.29) is 12.0 Å². The van der Waals surface area contributed by atoms with Gasteiger partial charge in [0.1, 0.15) is 17.6 Å². The van der Waals surface area contributed by atoms with E-state index in [1.807, 2.05) is 41.3 Å². The molecule has 3 aromatic rings. The van der Waals surface area contributed by atoms with Crippen LogP contribution in [0.5, 0.6) is 5.75 Å². The van der Waals surface area contributed by atoms with Gasteiger partial charge in [-0.15, -0.1) is 0 Å². The van der Waals surface area contributed by atoms with Gasteiger partial charge < -0.3 is 14.1 Å². The Morgan fingerprint density at radius 3 is 2.44 bits per heavy atom. The van der Waals surface area contributed by atoms with E-state index in [2.05, 4.69) is 29.2 Å². The molecule has 2 saturated heterocycles. The van der Waals surface area contributed by atoms with Crippen LogP contribution in [0, 0.1) is 0 Å². The average Bonchev–Trinajstić information content (AvgIpc) is 3.55. The van der Waals surface area contributed by atoms with E-state index < -0.39 is 0 Å². The van der Waals surface area contributed by atoms with E-state index in [1.54, 1.807) is 6.26 Å². The summed E-state index contributed by atoms with van der Waals surface area (Å²) >= 11 is 0. The first-order chi connectivity index (χ1) is 15.7. The van der Waals surface area contributed by atoms with E-state index >= 15 is 0 Å². The number of hydrogen-bond donors (Lipinski definition) is 0. The lowest BCUT2D eigenvalue weighted by molar-refractivity contribution is 0.0792. The number of carbonyl (C=O) groups is 1. The van der Waals surface area contributed by atoms with Crippen LogP contribution < -0.4 is 4.74 Å². The van der Waals surface area contributed by atoms with Crippen molar-refractivity contribution in [2.75, 3.05) is 26.2 Å². The molecule has 0 aliphatic carbocycles. The van der Waals surface area contributed by atoms with E-state index in [0.29, 0.717) is 0 Å². The lowest BCUT2D eigenvalue weighted by Crippen LogP contribution is -2.37. The second kappa shape index (κ2) is 9.61. The quantitative estimate of drug-likeness (QED) is 0.537. The molecule has 5 nitrogen and oxygen atoms in total. The highest BCUT2D eigenvalue weighted by atomic mass is 16.5. The molecule has 1 aromatic heterocycles. The minimum atomic E-state index is 0.137. The Balaban J connectivity index is 1.11. The molecule has 5 rings (SSSR count). The average molecular weight is 431 g/mol. The predicted octanol–water partition coefficient (Wildman–Crippen LogP) is 5.23. The van der Waals surface area contributed by atoms with Gasteiger partial charge in [0.05, 0.1) is 6.26 Å². The predicted molar refractivity (Wildman–Crippen MR) is 125 cm³/mol. The fraction of sp³-hybridized carbons (Fsp3) is 0.370. The van der Waals surface area contributed by atoms with Crippen molar-refractivity contribution in [1.82, 2.24) is 9.80 Å². The van der Waals surface area contributed by atoms with Crippen molar-refractivity contribution in [3.8, 4) is 17.1 Å². The highest BCUT2D eigenvalue weighted by Gasteiger charge is 2.22. The van der Waals surface area contributed by atoms with Crippen molar-refractivity contribution in [2.45, 2.75) is 38.3 Å². The molecule has 0 unspecified atom stereocenters. The molecular formula is C27H30N2O3. The third kappa shape index (κ3) is 4.89. The minimum Gasteiger partial charge on any atom is -0.490 e. The van der Waals surface area contributed by atoms with E-state index in [4.69, 9.17) is 9.15 Å². The van der Waals surface area contributed by atoms with Crippen LogP contribution in [0.2, 0.25) is 0 Å². The maximum atomic E-state index is 12.5. The van der Waals surface area contributed by atoms with Gasteiger partial charge in [-0.1, -0.05) is 18.2 Å². The molecular weight excluding hydrogens is 400 g/mol. The Hall–Kier alpha value is -3.05. The van der Waals surface area contributed by atoms with Gasteiger partial charge in [-0.2, -0.15) is 0 Å². The first-order valence-corrected chi connectivity index (χ1v) is 11.7. The van der Waals surface area contributed by atoms with Crippen molar-refractivity contribution >= 4 is 5.91 Å². The Morgan fingerprint density at radius 2 is 1.72 bits per heavy atom. The molecule has 2 aliphatic rings. The number of likely N-dealkylation sites (tertiary alicyclic amines) is 2. The first-order valence-electron chi connectivity index (χ1n) is 11.7. The van der Waals surface area contributed by atoms with Crippen molar-refractivity contribution < 1.29 is 13.9 Å². The summed E-state index contributed by atoms with van der Waals surface area (Å²) in [5.74, 6) is 1.90. The van der Waals surface area contributed by atoms with E-state index in [0.717, 1.165) is 81.0 Å². The van der Waals surface area contributed by atoms with Crippen LogP contribution in [0.25, 0.3) is 11.3 Å². The summed E-state index contributed by atoms with van der Waals surface area (Å²) in [5.41, 5.74) is 3.18. The van der Waals surface area contributed by atoms with Gasteiger partial charge in [0.15, 0.2) is 0 Å². The molecule has 1 amide bonds. The topological polar surface area (TPSA) is 45.9 Å². The molecule has 2 fully saturated rings. The lowest BCUT2D eigenvalue weighted by Gasteiger charge is -2.32. The number of carbonyl (C=O) groups excluding carboxylic acids is 1. The summed E-state index contributed by atoms with van der Waals surface area (Å²) in [4.78, 5) is 16.9. The molecule has 0 spiro atoms. The van der Waals surface area contributed by atoms with Gasteiger partial charge in [-0.3, -0.25) is 9.69 Å². The van der Waals surface area contributed by atoms with Gasteiger partial charge in [0.25, 0.3) is 5.91 Å². The zero-order valence-corrected chi connectivity index (χ0v) is 18.4. The Morgan fingerprint density at radius 1 is 0.938 bits per heavy atom. The Kier molecular flexibility index (Phi) is 6.26. The van der Waals surface area contributed by atoms with Crippen molar-refractivity contribution in [3.63, 3.8) is 0 Å². The monoisotopic (exact) mass is 430 g/mol. The second-order valence-electron chi connectivity index (χ2n) is 8.79. The highest BCUT2D eigenvalue weighted by molar-refractivity contribution is 5.94. The van der Waals surface area contributed by atoms with Crippen molar-refractivity contribution in [2.24, 2.45) is 0 Å². The van der Waals surface area contributed by atoms with Crippen LogP contribution in [0.15, 0.2) is 71.3 Å². The second-order valence-corrected chi connectivity index (χ2v) is 8.79. The molecule has 0 radical (unpaired) electrons. The van der Waals surface area contributed by atoms with Gasteiger partial charge in [0.2, 0.25) is 0 Å². The maximum absolute atomic E-state index is 12.5. The molecule has 3 heterocycles. The van der Waals surface area contributed by atoms with Gasteiger partial charge >= 0.3 is 0 Å². The number of rotatable bonds is 6. The van der Waals surface area contributed by atoms with Crippen LogP contribution in [-0.4, -0.2) is 48.0 Å². The first kappa shape index (κ1) is 20.8. The van der Waals surface area contributed by atoms with Crippen LogP contribution in [-0.2, 0) is 6.54 Å². The third-order valence-corrected chi connectivity index (χ3v) is 6.47. The van der Waals surface area contributed by atoms with Crippen LogP contribution in [0.1, 0.15) is 41.6 Å². The fourth-order valence-corrected chi connectivity index (χ4v) is 4.68. The molecule has 166 valence electrons. The number of hydrogen-bond acceptors (Lipinski definition) is 4. The van der Waals surface area contributed by atoms with Gasteiger partial charge in [-0.25, -0.2) is 0 Å². The van der Waals surface area contributed by atoms with Crippen molar-refractivity contribution in [3.05, 3.63) is 78.1 Å². The summed E-state index contributed by atoms with van der Waals surface area (Å²) in [6, 6.07) is 20.2. The Labute approximate surface area is 189 Å². The lowest BCUT2D eigenvalue weighted by atomic mass is 10.0. The molecule has 0 saturated carbocycles. The number of nitrogens with zero attached hydrogens (tertiary/aromatic N) is 2. The van der Waals surface area contributed by atoms with Gasteiger partial charge in [0, 0.05) is 43.9 Å². The number of ether oxygens (including phenoxy) is 1. The zero-order chi connectivity index (χ0) is 21.8. The number of furan rings is 1. The summed E-state index contributed by atoms with van der Waals surface area (Å²) < 4.78 is 11.7. The van der Waals surface area contributed by atoms with Crippen LogP contribution in [0.4, 0.5) is 0 Å². The number of benzene rings is 2. The van der Waals surface area contributed by atoms with Crippen LogP contribution in [0.3, 0.4) is 0 Å². The summed E-state index contributed by atoms with van der Waals surface area (Å²) in [5, 5.41) is 0. The summed E-state index contributed by atoms with van der Waals surface area (Å²) in [6.45, 7) is 4.72. The molecule has 0 bridgehead atoms. The maximum Gasteiger partial charge on any atom is 0.253 e.